The summed E-state index contributed by atoms with van der Waals surface area (Å²) in [7, 11) is 0. The molecular formula is C18H15N5O2. The minimum absolute atomic E-state index is 0.352. The molecule has 0 fully saturated rings. The van der Waals surface area contributed by atoms with Crippen LogP contribution < -0.4 is 10.9 Å². The van der Waals surface area contributed by atoms with Crippen LogP contribution in [0, 0.1) is 6.92 Å². The van der Waals surface area contributed by atoms with Crippen LogP contribution >= 0.6 is 0 Å². The van der Waals surface area contributed by atoms with Crippen LogP contribution in [0.1, 0.15) is 11.4 Å². The van der Waals surface area contributed by atoms with Crippen LogP contribution in [0.25, 0.3) is 16.7 Å². The quantitative estimate of drug-likeness (QED) is 0.578. The fourth-order valence-corrected chi connectivity index (χ4v) is 2.70. The van der Waals surface area contributed by atoms with Gasteiger partial charge in [-0.25, -0.2) is 4.79 Å². The van der Waals surface area contributed by atoms with E-state index in [9.17, 15) is 4.79 Å². The maximum absolute atomic E-state index is 11.5. The van der Waals surface area contributed by atoms with Crippen molar-refractivity contribution in [2.24, 2.45) is 0 Å². The number of anilines is 1. The van der Waals surface area contributed by atoms with Crippen molar-refractivity contribution in [1.82, 2.24) is 20.2 Å². The molecule has 1 N–H and O–H groups in total. The smallest absolute Gasteiger partial charge is 0.336 e. The summed E-state index contributed by atoms with van der Waals surface area (Å²) in [4.78, 5) is 11.5. The molecule has 0 aliphatic heterocycles. The molecule has 0 unspecified atom stereocenters. The molecule has 0 amide bonds. The first-order valence-corrected chi connectivity index (χ1v) is 7.82. The number of hydrogen-bond acceptors (Lipinski definition) is 6. The molecule has 25 heavy (non-hydrogen) atoms. The number of nitrogens with one attached hydrogen (secondary N) is 1. The highest BCUT2D eigenvalue weighted by molar-refractivity contribution is 5.83. The second-order valence-electron chi connectivity index (χ2n) is 5.66. The van der Waals surface area contributed by atoms with Gasteiger partial charge in [-0.2, -0.15) is 4.68 Å². The highest BCUT2D eigenvalue weighted by Gasteiger charge is 2.08. The van der Waals surface area contributed by atoms with E-state index < -0.39 is 0 Å². The standard InChI is InChI=1S/C18H15N5O2/c1-12-9-18(24)25-16-10-13(7-8-15(12)16)19-11-17-20-21-22-23(17)14-5-3-2-4-6-14/h2-10,19H,11H2,1H3. The van der Waals surface area contributed by atoms with Crippen LogP contribution in [0.15, 0.2) is 63.8 Å². The average Bonchev–Trinajstić information content (AvgIpc) is 3.09. The summed E-state index contributed by atoms with van der Waals surface area (Å²) in [5.74, 6) is 0.678. The Balaban J connectivity index is 1.59. The number of rotatable bonds is 4. The minimum atomic E-state index is -0.352. The third-order valence-electron chi connectivity index (χ3n) is 3.94. The first-order valence-electron chi connectivity index (χ1n) is 7.82. The van der Waals surface area contributed by atoms with E-state index in [0.29, 0.717) is 18.0 Å². The van der Waals surface area contributed by atoms with E-state index in [0.717, 1.165) is 22.3 Å². The van der Waals surface area contributed by atoms with Gasteiger partial charge in [-0.3, -0.25) is 0 Å². The predicted octanol–water partition coefficient (Wildman–Crippen LogP) is 2.69. The van der Waals surface area contributed by atoms with E-state index in [2.05, 4.69) is 20.8 Å². The molecule has 7 nitrogen and oxygen atoms in total. The molecule has 4 rings (SSSR count). The van der Waals surface area contributed by atoms with Crippen molar-refractivity contribution in [1.29, 1.82) is 0 Å². The number of tetrazole rings is 1. The van der Waals surface area contributed by atoms with E-state index in [1.807, 2.05) is 49.4 Å². The van der Waals surface area contributed by atoms with Crippen LogP contribution in [0.4, 0.5) is 5.69 Å². The maximum Gasteiger partial charge on any atom is 0.336 e. The summed E-state index contributed by atoms with van der Waals surface area (Å²) in [5, 5.41) is 16.0. The zero-order valence-corrected chi connectivity index (χ0v) is 13.5. The minimum Gasteiger partial charge on any atom is -0.423 e. The molecule has 0 atom stereocenters. The van der Waals surface area contributed by atoms with E-state index in [1.54, 1.807) is 10.7 Å². The Hall–Kier alpha value is -3.48. The Bertz CT molecular complexity index is 1090. The SMILES string of the molecule is Cc1cc(=O)oc2cc(NCc3nnnn3-c3ccccc3)ccc12. The van der Waals surface area contributed by atoms with Crippen molar-refractivity contribution >= 4 is 16.7 Å². The van der Waals surface area contributed by atoms with Gasteiger partial charge in [-0.1, -0.05) is 18.2 Å². The van der Waals surface area contributed by atoms with Crippen LogP contribution in [0.3, 0.4) is 0 Å². The fourth-order valence-electron chi connectivity index (χ4n) is 2.70. The van der Waals surface area contributed by atoms with Gasteiger partial charge in [0.1, 0.15) is 5.58 Å². The number of aromatic nitrogens is 4. The van der Waals surface area contributed by atoms with Gasteiger partial charge < -0.3 is 9.73 Å². The number of para-hydroxylation sites is 1. The molecule has 0 bridgehead atoms. The van der Waals surface area contributed by atoms with Gasteiger partial charge in [-0.05, 0) is 47.2 Å². The van der Waals surface area contributed by atoms with Crippen molar-refractivity contribution in [3.63, 3.8) is 0 Å². The summed E-state index contributed by atoms with van der Waals surface area (Å²) in [5.41, 5.74) is 2.81. The van der Waals surface area contributed by atoms with Gasteiger partial charge in [-0.15, -0.1) is 5.10 Å². The number of fused-ring (bicyclic) bond motifs is 1. The van der Waals surface area contributed by atoms with Crippen molar-refractivity contribution in [3.05, 3.63) is 76.4 Å². The topological polar surface area (TPSA) is 85.8 Å². The van der Waals surface area contributed by atoms with Crippen molar-refractivity contribution in [3.8, 4) is 5.69 Å². The second-order valence-corrected chi connectivity index (χ2v) is 5.66. The molecule has 2 aromatic carbocycles. The molecule has 2 heterocycles. The van der Waals surface area contributed by atoms with Gasteiger partial charge in [0.05, 0.1) is 12.2 Å². The normalized spacial score (nSPS) is 10.9. The Kier molecular flexibility index (Phi) is 3.74. The summed E-state index contributed by atoms with van der Waals surface area (Å²) in [6.45, 7) is 2.32. The highest BCUT2D eigenvalue weighted by Crippen LogP contribution is 2.21. The number of aryl methyl sites for hydroxylation is 1. The van der Waals surface area contributed by atoms with Crippen molar-refractivity contribution in [2.45, 2.75) is 13.5 Å². The van der Waals surface area contributed by atoms with Crippen LogP contribution in [0.2, 0.25) is 0 Å². The molecule has 7 heteroatoms. The van der Waals surface area contributed by atoms with Crippen molar-refractivity contribution < 1.29 is 4.42 Å². The molecule has 0 spiro atoms. The summed E-state index contributed by atoms with van der Waals surface area (Å²) in [6, 6.07) is 16.8. The van der Waals surface area contributed by atoms with Gasteiger partial charge in [0, 0.05) is 23.2 Å². The lowest BCUT2D eigenvalue weighted by atomic mass is 10.1. The molecule has 0 saturated carbocycles. The number of hydrogen-bond donors (Lipinski definition) is 1. The Morgan fingerprint density at radius 2 is 1.96 bits per heavy atom. The van der Waals surface area contributed by atoms with Crippen LogP contribution in [0.5, 0.6) is 0 Å². The summed E-state index contributed by atoms with van der Waals surface area (Å²) >= 11 is 0. The average molecular weight is 333 g/mol. The third kappa shape index (κ3) is 2.99. The van der Waals surface area contributed by atoms with Gasteiger partial charge in [0.2, 0.25) is 0 Å². The lowest BCUT2D eigenvalue weighted by Gasteiger charge is -2.08. The molecule has 0 aliphatic rings. The maximum atomic E-state index is 11.5. The molecule has 0 saturated heterocycles. The van der Waals surface area contributed by atoms with Crippen LogP contribution in [-0.2, 0) is 6.54 Å². The van der Waals surface area contributed by atoms with Crippen molar-refractivity contribution in [2.75, 3.05) is 5.32 Å². The van der Waals surface area contributed by atoms with E-state index in [1.165, 1.54) is 6.07 Å². The third-order valence-corrected chi connectivity index (χ3v) is 3.94. The zero-order chi connectivity index (χ0) is 17.2. The molecule has 0 aliphatic carbocycles. The fraction of sp³-hybridized carbons (Fsp3) is 0.111. The predicted molar refractivity (Wildman–Crippen MR) is 93.7 cm³/mol. The highest BCUT2D eigenvalue weighted by atomic mass is 16.4. The molecule has 2 aromatic heterocycles. The summed E-state index contributed by atoms with van der Waals surface area (Å²) < 4.78 is 6.95. The Morgan fingerprint density at radius 1 is 1.12 bits per heavy atom. The first-order chi connectivity index (χ1) is 12.2. The lowest BCUT2D eigenvalue weighted by molar-refractivity contribution is 0.560. The van der Waals surface area contributed by atoms with Crippen LogP contribution in [-0.4, -0.2) is 20.2 Å². The van der Waals surface area contributed by atoms with Gasteiger partial charge in [0.25, 0.3) is 0 Å². The lowest BCUT2D eigenvalue weighted by Crippen LogP contribution is -2.08. The van der Waals surface area contributed by atoms with Gasteiger partial charge >= 0.3 is 5.63 Å². The Labute approximate surface area is 142 Å². The molecule has 0 radical (unpaired) electrons. The second kappa shape index (κ2) is 6.20. The van der Waals surface area contributed by atoms with Gasteiger partial charge in [0.15, 0.2) is 5.82 Å². The monoisotopic (exact) mass is 333 g/mol. The first kappa shape index (κ1) is 15.1. The molecular weight excluding hydrogens is 318 g/mol. The Morgan fingerprint density at radius 3 is 2.80 bits per heavy atom. The van der Waals surface area contributed by atoms with E-state index in [-0.39, 0.29) is 5.63 Å². The largest absolute Gasteiger partial charge is 0.423 e. The summed E-state index contributed by atoms with van der Waals surface area (Å²) in [6.07, 6.45) is 0. The molecule has 124 valence electrons. The number of nitrogens with zero attached hydrogens (tertiary/aromatic N) is 4. The van der Waals surface area contributed by atoms with E-state index in [4.69, 9.17) is 4.42 Å². The number of benzene rings is 2. The molecule has 4 aromatic rings. The van der Waals surface area contributed by atoms with E-state index >= 15 is 0 Å². The zero-order valence-electron chi connectivity index (χ0n) is 13.5.